The Kier molecular flexibility index (Phi) is 2.27. The van der Waals surface area contributed by atoms with E-state index in [4.69, 9.17) is 5.11 Å². The molecule has 62 valence electrons. The lowest BCUT2D eigenvalue weighted by Gasteiger charge is -2.21. The molecule has 2 atom stereocenters. The average molecular weight is 156 g/mol. The van der Waals surface area contributed by atoms with Gasteiger partial charge in [-0.2, -0.15) is 0 Å². The van der Waals surface area contributed by atoms with Crippen LogP contribution in [0.5, 0.6) is 0 Å². The van der Waals surface area contributed by atoms with Crippen LogP contribution in [0.2, 0.25) is 0 Å². The Balaban J connectivity index is 2.58. The number of aliphatic carboxylic acids is 1. The van der Waals surface area contributed by atoms with Gasteiger partial charge in [0.05, 0.1) is 0 Å². The quantitative estimate of drug-likeness (QED) is 0.578. The smallest absolute Gasteiger partial charge is 0.314 e. The Morgan fingerprint density at radius 2 is 2.18 bits per heavy atom. The Morgan fingerprint density at radius 3 is 2.64 bits per heavy atom. The van der Waals surface area contributed by atoms with Crippen LogP contribution in [0.15, 0.2) is 0 Å². The van der Waals surface area contributed by atoms with Gasteiger partial charge in [-0.3, -0.25) is 9.59 Å². The number of carbonyl (C=O) groups excluding carboxylic acids is 1. The first-order valence-electron chi connectivity index (χ1n) is 3.86. The molecule has 0 aromatic rings. The molecule has 1 aliphatic rings. The fourth-order valence-electron chi connectivity index (χ4n) is 1.46. The highest BCUT2D eigenvalue weighted by Crippen LogP contribution is 2.25. The predicted octanol–water partition coefficient (Wildman–Crippen LogP) is 1.08. The minimum Gasteiger partial charge on any atom is -0.481 e. The molecule has 1 N–H and O–H groups in total. The van der Waals surface area contributed by atoms with Gasteiger partial charge in [0, 0.05) is 6.42 Å². The number of rotatable bonds is 1. The molecule has 0 radical (unpaired) electrons. The van der Waals surface area contributed by atoms with Crippen LogP contribution in [0.4, 0.5) is 0 Å². The van der Waals surface area contributed by atoms with Crippen molar-refractivity contribution in [2.75, 3.05) is 0 Å². The van der Waals surface area contributed by atoms with Crippen LogP contribution in [-0.2, 0) is 9.59 Å². The maximum atomic E-state index is 11.1. The topological polar surface area (TPSA) is 54.4 Å². The van der Waals surface area contributed by atoms with Crippen LogP contribution in [0.25, 0.3) is 0 Å². The number of ketones is 1. The lowest BCUT2D eigenvalue weighted by molar-refractivity contribution is -0.148. The molecule has 1 rings (SSSR count). The third-order valence-corrected chi connectivity index (χ3v) is 2.18. The Morgan fingerprint density at radius 1 is 1.55 bits per heavy atom. The normalized spacial score (nSPS) is 31.9. The van der Waals surface area contributed by atoms with E-state index in [9.17, 15) is 9.59 Å². The highest BCUT2D eigenvalue weighted by atomic mass is 16.4. The molecule has 2 unspecified atom stereocenters. The minimum absolute atomic E-state index is 0.101. The van der Waals surface area contributed by atoms with Gasteiger partial charge in [-0.15, -0.1) is 0 Å². The molecule has 1 saturated carbocycles. The van der Waals surface area contributed by atoms with Crippen molar-refractivity contribution in [2.45, 2.75) is 26.2 Å². The standard InChI is InChI=1S/C8H12O3/c1-5-2-3-6(8(10)11)7(9)4-5/h5-6H,2-4H2,1H3,(H,10,11). The molecule has 0 aromatic carbocycles. The second kappa shape index (κ2) is 3.03. The number of carboxylic acid groups (broad SMARTS) is 1. The number of hydrogen-bond acceptors (Lipinski definition) is 2. The fourth-order valence-corrected chi connectivity index (χ4v) is 1.46. The molecule has 1 aliphatic carbocycles. The summed E-state index contributed by atoms with van der Waals surface area (Å²) in [5.41, 5.74) is 0. The van der Waals surface area contributed by atoms with Crippen molar-refractivity contribution >= 4 is 11.8 Å². The van der Waals surface area contributed by atoms with E-state index in [1.807, 2.05) is 6.92 Å². The molecular weight excluding hydrogens is 144 g/mol. The largest absolute Gasteiger partial charge is 0.481 e. The summed E-state index contributed by atoms with van der Waals surface area (Å²) in [6, 6.07) is 0. The zero-order valence-corrected chi connectivity index (χ0v) is 6.54. The van der Waals surface area contributed by atoms with Gasteiger partial charge >= 0.3 is 5.97 Å². The zero-order chi connectivity index (χ0) is 8.43. The summed E-state index contributed by atoms with van der Waals surface area (Å²) in [4.78, 5) is 21.5. The average Bonchev–Trinajstić information content (AvgIpc) is 1.85. The number of carbonyl (C=O) groups is 2. The predicted molar refractivity (Wildman–Crippen MR) is 39.1 cm³/mol. The van der Waals surface area contributed by atoms with E-state index in [1.54, 1.807) is 0 Å². The molecule has 0 spiro atoms. The SMILES string of the molecule is CC1CCC(C(=O)O)C(=O)C1. The summed E-state index contributed by atoms with van der Waals surface area (Å²) in [6.45, 7) is 1.98. The molecular formula is C8H12O3. The van der Waals surface area contributed by atoms with Crippen molar-refractivity contribution < 1.29 is 14.7 Å². The van der Waals surface area contributed by atoms with Gasteiger partial charge in [0.1, 0.15) is 11.7 Å². The Labute approximate surface area is 65.4 Å². The lowest BCUT2D eigenvalue weighted by atomic mass is 9.82. The molecule has 3 heteroatoms. The second-order valence-corrected chi connectivity index (χ2v) is 3.24. The third kappa shape index (κ3) is 1.79. The molecule has 0 aliphatic heterocycles. The van der Waals surface area contributed by atoms with Crippen LogP contribution in [0, 0.1) is 11.8 Å². The van der Waals surface area contributed by atoms with E-state index in [1.165, 1.54) is 0 Å². The molecule has 0 bridgehead atoms. The van der Waals surface area contributed by atoms with Gasteiger partial charge in [0.2, 0.25) is 0 Å². The number of carboxylic acids is 1. The highest BCUT2D eigenvalue weighted by Gasteiger charge is 2.31. The first-order valence-corrected chi connectivity index (χ1v) is 3.86. The van der Waals surface area contributed by atoms with Crippen molar-refractivity contribution in [3.63, 3.8) is 0 Å². The van der Waals surface area contributed by atoms with Gasteiger partial charge in [-0.25, -0.2) is 0 Å². The van der Waals surface area contributed by atoms with Gasteiger partial charge in [-0.1, -0.05) is 6.92 Å². The van der Waals surface area contributed by atoms with E-state index in [0.717, 1.165) is 6.42 Å². The maximum absolute atomic E-state index is 11.1. The summed E-state index contributed by atoms with van der Waals surface area (Å²) in [5.74, 6) is -1.40. The van der Waals surface area contributed by atoms with E-state index in [0.29, 0.717) is 18.8 Å². The fraction of sp³-hybridized carbons (Fsp3) is 0.750. The van der Waals surface area contributed by atoms with Gasteiger partial charge in [0.15, 0.2) is 0 Å². The Hall–Kier alpha value is -0.860. The van der Waals surface area contributed by atoms with Crippen molar-refractivity contribution in [1.82, 2.24) is 0 Å². The van der Waals surface area contributed by atoms with Crippen molar-refractivity contribution in [3.8, 4) is 0 Å². The molecule has 0 amide bonds. The van der Waals surface area contributed by atoms with E-state index >= 15 is 0 Å². The summed E-state index contributed by atoms with van der Waals surface area (Å²) < 4.78 is 0. The van der Waals surface area contributed by atoms with Crippen molar-refractivity contribution in [1.29, 1.82) is 0 Å². The minimum atomic E-state index is -0.957. The van der Waals surface area contributed by atoms with E-state index < -0.39 is 11.9 Å². The Bertz CT molecular complexity index is 186. The summed E-state index contributed by atoms with van der Waals surface area (Å²) in [5, 5.41) is 8.57. The zero-order valence-electron chi connectivity index (χ0n) is 6.54. The van der Waals surface area contributed by atoms with Crippen LogP contribution in [0.1, 0.15) is 26.2 Å². The van der Waals surface area contributed by atoms with Gasteiger partial charge in [-0.05, 0) is 18.8 Å². The third-order valence-electron chi connectivity index (χ3n) is 2.18. The first-order chi connectivity index (χ1) is 5.11. The van der Waals surface area contributed by atoms with Crippen LogP contribution < -0.4 is 0 Å². The number of Topliss-reactive ketones (excluding diaryl/α,β-unsaturated/α-hetero) is 1. The summed E-state index contributed by atoms with van der Waals surface area (Å²) >= 11 is 0. The first kappa shape index (κ1) is 8.24. The van der Waals surface area contributed by atoms with E-state index in [-0.39, 0.29) is 5.78 Å². The maximum Gasteiger partial charge on any atom is 0.314 e. The molecule has 3 nitrogen and oxygen atoms in total. The van der Waals surface area contributed by atoms with Crippen molar-refractivity contribution in [2.24, 2.45) is 11.8 Å². The highest BCUT2D eigenvalue weighted by molar-refractivity contribution is 5.98. The molecule has 0 saturated heterocycles. The van der Waals surface area contributed by atoms with Gasteiger partial charge in [0.25, 0.3) is 0 Å². The summed E-state index contributed by atoms with van der Waals surface area (Å²) in [7, 11) is 0. The molecule has 0 aromatic heterocycles. The van der Waals surface area contributed by atoms with Crippen LogP contribution in [-0.4, -0.2) is 16.9 Å². The van der Waals surface area contributed by atoms with Crippen LogP contribution >= 0.6 is 0 Å². The molecule has 0 heterocycles. The van der Waals surface area contributed by atoms with Crippen LogP contribution in [0.3, 0.4) is 0 Å². The second-order valence-electron chi connectivity index (χ2n) is 3.24. The van der Waals surface area contributed by atoms with Crippen molar-refractivity contribution in [3.05, 3.63) is 0 Å². The molecule has 1 fully saturated rings. The monoisotopic (exact) mass is 156 g/mol. The van der Waals surface area contributed by atoms with E-state index in [2.05, 4.69) is 0 Å². The number of hydrogen-bond donors (Lipinski definition) is 1. The van der Waals surface area contributed by atoms with Gasteiger partial charge < -0.3 is 5.11 Å². The molecule has 11 heavy (non-hydrogen) atoms. The summed E-state index contributed by atoms with van der Waals surface area (Å²) in [6.07, 6.45) is 1.83. The lowest BCUT2D eigenvalue weighted by Crippen LogP contribution is -2.29.